The summed E-state index contributed by atoms with van der Waals surface area (Å²) in [5.74, 6) is 0. The van der Waals surface area contributed by atoms with Crippen LogP contribution < -0.4 is 5.32 Å². The van der Waals surface area contributed by atoms with Gasteiger partial charge in [0.15, 0.2) is 0 Å². The van der Waals surface area contributed by atoms with Gasteiger partial charge in [0, 0.05) is 12.7 Å². The lowest BCUT2D eigenvalue weighted by Crippen LogP contribution is -2.19. The molecule has 13 heavy (non-hydrogen) atoms. The fourth-order valence-corrected chi connectivity index (χ4v) is 2.77. The summed E-state index contributed by atoms with van der Waals surface area (Å²) in [4.78, 5) is 4.10. The van der Waals surface area contributed by atoms with Crippen molar-refractivity contribution in [3.8, 4) is 0 Å². The lowest BCUT2D eigenvalue weighted by atomic mass is 10.4. The van der Waals surface area contributed by atoms with Gasteiger partial charge in [0.2, 0.25) is 0 Å². The standard InChI is InChI=1S/C9H12N2OS/c12-13(8-4-6-10-7-8)9-3-1-2-5-11-9/h1-3,5,8,10H,4,6-7H2/t8-,13+/m0/s1. The van der Waals surface area contributed by atoms with Crippen molar-refractivity contribution in [2.75, 3.05) is 13.1 Å². The first-order valence-electron chi connectivity index (χ1n) is 4.40. The van der Waals surface area contributed by atoms with E-state index in [-0.39, 0.29) is 5.25 Å². The molecule has 1 aliphatic rings. The maximum atomic E-state index is 11.9. The van der Waals surface area contributed by atoms with E-state index in [1.165, 1.54) is 0 Å². The van der Waals surface area contributed by atoms with Gasteiger partial charge < -0.3 is 5.32 Å². The van der Waals surface area contributed by atoms with Crippen LogP contribution in [-0.4, -0.2) is 27.5 Å². The number of pyridine rings is 1. The molecule has 70 valence electrons. The van der Waals surface area contributed by atoms with Gasteiger partial charge in [0.05, 0.1) is 16.0 Å². The lowest BCUT2D eigenvalue weighted by molar-refractivity contribution is 0.669. The minimum atomic E-state index is -0.932. The molecule has 0 unspecified atom stereocenters. The average Bonchev–Trinajstić information content (AvgIpc) is 2.71. The number of nitrogens with one attached hydrogen (secondary N) is 1. The van der Waals surface area contributed by atoms with E-state index in [0.29, 0.717) is 5.03 Å². The van der Waals surface area contributed by atoms with Gasteiger partial charge in [0.1, 0.15) is 5.03 Å². The van der Waals surface area contributed by atoms with Crippen molar-refractivity contribution in [1.82, 2.24) is 10.3 Å². The minimum Gasteiger partial charge on any atom is -0.315 e. The molecule has 1 N–H and O–H groups in total. The highest BCUT2D eigenvalue weighted by molar-refractivity contribution is 7.85. The zero-order chi connectivity index (χ0) is 9.10. The van der Waals surface area contributed by atoms with E-state index in [1.54, 1.807) is 6.20 Å². The Morgan fingerprint density at radius 3 is 3.08 bits per heavy atom. The third kappa shape index (κ3) is 1.95. The largest absolute Gasteiger partial charge is 0.315 e. The van der Waals surface area contributed by atoms with Crippen LogP contribution in [0.2, 0.25) is 0 Å². The van der Waals surface area contributed by atoms with E-state index in [1.807, 2.05) is 18.2 Å². The molecule has 0 bridgehead atoms. The van der Waals surface area contributed by atoms with Crippen molar-refractivity contribution in [3.63, 3.8) is 0 Å². The Hall–Kier alpha value is -0.740. The second-order valence-corrected chi connectivity index (χ2v) is 4.76. The van der Waals surface area contributed by atoms with E-state index >= 15 is 0 Å². The van der Waals surface area contributed by atoms with E-state index in [4.69, 9.17) is 0 Å². The van der Waals surface area contributed by atoms with E-state index in [0.717, 1.165) is 19.5 Å². The Kier molecular flexibility index (Phi) is 2.71. The van der Waals surface area contributed by atoms with E-state index in [9.17, 15) is 4.21 Å². The van der Waals surface area contributed by atoms with Crippen LogP contribution >= 0.6 is 0 Å². The Morgan fingerprint density at radius 2 is 2.46 bits per heavy atom. The van der Waals surface area contributed by atoms with Crippen LogP contribution in [-0.2, 0) is 10.8 Å². The van der Waals surface area contributed by atoms with Crippen LogP contribution in [0.25, 0.3) is 0 Å². The van der Waals surface area contributed by atoms with Gasteiger partial charge in [-0.1, -0.05) is 6.07 Å². The summed E-state index contributed by atoms with van der Waals surface area (Å²) < 4.78 is 11.9. The molecule has 2 rings (SSSR count). The van der Waals surface area contributed by atoms with Crippen LogP contribution in [0.3, 0.4) is 0 Å². The molecule has 1 aromatic heterocycles. The fraction of sp³-hybridized carbons (Fsp3) is 0.444. The number of hydrogen-bond donors (Lipinski definition) is 1. The molecular weight excluding hydrogens is 184 g/mol. The monoisotopic (exact) mass is 196 g/mol. The van der Waals surface area contributed by atoms with Crippen LogP contribution in [0.5, 0.6) is 0 Å². The van der Waals surface area contributed by atoms with Gasteiger partial charge >= 0.3 is 0 Å². The van der Waals surface area contributed by atoms with Gasteiger partial charge in [-0.25, -0.2) is 4.98 Å². The third-order valence-electron chi connectivity index (χ3n) is 2.16. The van der Waals surface area contributed by atoms with Crippen molar-refractivity contribution in [3.05, 3.63) is 24.4 Å². The molecule has 1 aliphatic heterocycles. The van der Waals surface area contributed by atoms with Gasteiger partial charge in [-0.3, -0.25) is 4.21 Å². The van der Waals surface area contributed by atoms with Crippen LogP contribution in [0.4, 0.5) is 0 Å². The maximum Gasteiger partial charge on any atom is 0.127 e. The second-order valence-electron chi connectivity index (χ2n) is 3.08. The molecule has 0 aliphatic carbocycles. The number of rotatable bonds is 2. The summed E-state index contributed by atoms with van der Waals surface area (Å²) in [5.41, 5.74) is 0. The van der Waals surface area contributed by atoms with Crippen molar-refractivity contribution in [2.24, 2.45) is 0 Å². The van der Waals surface area contributed by atoms with Gasteiger partial charge in [0.25, 0.3) is 0 Å². The second kappa shape index (κ2) is 3.98. The summed E-state index contributed by atoms with van der Waals surface area (Å²) in [6, 6.07) is 5.55. The van der Waals surface area contributed by atoms with E-state index < -0.39 is 10.8 Å². The van der Waals surface area contributed by atoms with Crippen molar-refractivity contribution >= 4 is 10.8 Å². The quantitative estimate of drug-likeness (QED) is 0.751. The third-order valence-corrected chi connectivity index (χ3v) is 3.82. The highest BCUT2D eigenvalue weighted by Crippen LogP contribution is 2.13. The molecule has 3 nitrogen and oxygen atoms in total. The molecule has 0 spiro atoms. The molecule has 2 atom stereocenters. The van der Waals surface area contributed by atoms with Gasteiger partial charge in [-0.05, 0) is 25.1 Å². The molecular formula is C9H12N2OS. The first kappa shape index (κ1) is 8.84. The molecule has 1 aromatic rings. The molecule has 0 saturated carbocycles. The maximum absolute atomic E-state index is 11.9. The Bertz CT molecular complexity index is 296. The van der Waals surface area contributed by atoms with Gasteiger partial charge in [-0.2, -0.15) is 0 Å². The van der Waals surface area contributed by atoms with Gasteiger partial charge in [-0.15, -0.1) is 0 Å². The predicted octanol–water partition coefficient (Wildman–Crippen LogP) is 0.551. The molecule has 1 fully saturated rings. The highest BCUT2D eigenvalue weighted by Gasteiger charge is 2.22. The Labute approximate surface area is 80.0 Å². The van der Waals surface area contributed by atoms with Crippen molar-refractivity contribution in [2.45, 2.75) is 16.7 Å². The Morgan fingerprint density at radius 1 is 1.54 bits per heavy atom. The summed E-state index contributed by atoms with van der Waals surface area (Å²) in [6.07, 6.45) is 2.68. The Balaban J connectivity index is 2.13. The minimum absolute atomic E-state index is 0.245. The summed E-state index contributed by atoms with van der Waals surface area (Å²) in [7, 11) is -0.932. The topological polar surface area (TPSA) is 42.0 Å². The highest BCUT2D eigenvalue weighted by atomic mass is 32.2. The average molecular weight is 196 g/mol. The molecule has 0 aromatic carbocycles. The molecule has 1 saturated heterocycles. The number of hydrogen-bond acceptors (Lipinski definition) is 3. The number of aromatic nitrogens is 1. The normalized spacial score (nSPS) is 24.5. The first-order chi connectivity index (χ1) is 6.38. The zero-order valence-electron chi connectivity index (χ0n) is 7.27. The van der Waals surface area contributed by atoms with Crippen LogP contribution in [0, 0.1) is 0 Å². The van der Waals surface area contributed by atoms with Crippen LogP contribution in [0.15, 0.2) is 29.4 Å². The fourth-order valence-electron chi connectivity index (χ4n) is 1.45. The summed E-state index contributed by atoms with van der Waals surface area (Å²) in [5, 5.41) is 4.15. The number of nitrogens with zero attached hydrogens (tertiary/aromatic N) is 1. The molecule has 0 radical (unpaired) electrons. The smallest absolute Gasteiger partial charge is 0.127 e. The van der Waals surface area contributed by atoms with Crippen molar-refractivity contribution in [1.29, 1.82) is 0 Å². The molecule has 2 heterocycles. The summed E-state index contributed by atoms with van der Waals surface area (Å²) >= 11 is 0. The summed E-state index contributed by atoms with van der Waals surface area (Å²) in [6.45, 7) is 1.83. The molecule has 4 heteroatoms. The van der Waals surface area contributed by atoms with E-state index in [2.05, 4.69) is 10.3 Å². The zero-order valence-corrected chi connectivity index (χ0v) is 8.09. The SMILES string of the molecule is O=[S@@](c1ccccn1)[C@H]1CCNC1. The van der Waals surface area contributed by atoms with Crippen molar-refractivity contribution < 1.29 is 4.21 Å². The lowest BCUT2D eigenvalue weighted by Gasteiger charge is -2.06. The predicted molar refractivity (Wildman–Crippen MR) is 51.9 cm³/mol. The first-order valence-corrected chi connectivity index (χ1v) is 5.61. The van der Waals surface area contributed by atoms with Crippen LogP contribution in [0.1, 0.15) is 6.42 Å². The molecule has 0 amide bonds.